The molecule has 1 heterocycles. The number of carbonyl (C=O) groups excluding carboxylic acids is 1. The lowest BCUT2D eigenvalue weighted by molar-refractivity contribution is 0.112. The van der Waals surface area contributed by atoms with Gasteiger partial charge in [-0.15, -0.1) is 0 Å². The molecule has 2 aromatic carbocycles. The van der Waals surface area contributed by atoms with E-state index < -0.39 is 0 Å². The van der Waals surface area contributed by atoms with Crippen molar-refractivity contribution in [1.82, 2.24) is 4.98 Å². The van der Waals surface area contributed by atoms with Crippen LogP contribution in [0.4, 0.5) is 0 Å². The Labute approximate surface area is 121 Å². The number of hydrogen-bond acceptors (Lipinski definition) is 2. The number of benzene rings is 2. The van der Waals surface area contributed by atoms with Crippen molar-refractivity contribution in [3.63, 3.8) is 0 Å². The summed E-state index contributed by atoms with van der Waals surface area (Å²) in [6.07, 6.45) is 0.863. The highest BCUT2D eigenvalue weighted by atomic mass is 35.5. The molecule has 0 fully saturated rings. The minimum atomic E-state index is 0.626. The van der Waals surface area contributed by atoms with Crippen LogP contribution >= 0.6 is 11.6 Å². The number of para-hydroxylation sites is 1. The summed E-state index contributed by atoms with van der Waals surface area (Å²) < 4.78 is 5.33. The van der Waals surface area contributed by atoms with Gasteiger partial charge in [0.2, 0.25) is 0 Å². The highest BCUT2D eigenvalue weighted by molar-refractivity contribution is 6.30. The van der Waals surface area contributed by atoms with Gasteiger partial charge in [0.1, 0.15) is 5.75 Å². The average Bonchev–Trinajstić information content (AvgIpc) is 2.86. The molecule has 0 spiro atoms. The Morgan fingerprint density at radius 3 is 2.55 bits per heavy atom. The minimum Gasteiger partial charge on any atom is -0.495 e. The van der Waals surface area contributed by atoms with Crippen molar-refractivity contribution >= 4 is 28.8 Å². The molecule has 0 aliphatic carbocycles. The molecule has 0 aliphatic rings. The number of aldehydes is 1. The molecule has 0 saturated carbocycles. The summed E-state index contributed by atoms with van der Waals surface area (Å²) in [5, 5.41) is 1.51. The average molecular weight is 286 g/mol. The lowest BCUT2D eigenvalue weighted by Gasteiger charge is -2.00. The van der Waals surface area contributed by atoms with Crippen LogP contribution in [0.15, 0.2) is 42.5 Å². The highest BCUT2D eigenvalue weighted by Crippen LogP contribution is 2.34. The second-order valence-corrected chi connectivity index (χ2v) is 4.86. The van der Waals surface area contributed by atoms with E-state index in [0.29, 0.717) is 16.3 Å². The number of carbonyl (C=O) groups is 1. The van der Waals surface area contributed by atoms with Crippen molar-refractivity contribution in [2.24, 2.45) is 0 Å². The van der Waals surface area contributed by atoms with Gasteiger partial charge in [0.15, 0.2) is 6.29 Å². The number of aromatic amines is 1. The molecule has 100 valence electrons. The fraction of sp³-hybridized carbons (Fsp3) is 0.0625. The van der Waals surface area contributed by atoms with E-state index in [9.17, 15) is 4.79 Å². The predicted molar refractivity (Wildman–Crippen MR) is 80.7 cm³/mol. The third-order valence-corrected chi connectivity index (χ3v) is 3.56. The molecule has 0 saturated heterocycles. The van der Waals surface area contributed by atoms with Crippen molar-refractivity contribution < 1.29 is 9.53 Å². The van der Waals surface area contributed by atoms with Crippen molar-refractivity contribution in [1.29, 1.82) is 0 Å². The maximum atomic E-state index is 11.5. The van der Waals surface area contributed by atoms with Gasteiger partial charge in [0.25, 0.3) is 0 Å². The molecule has 0 amide bonds. The summed E-state index contributed by atoms with van der Waals surface area (Å²) in [5.74, 6) is 0.714. The van der Waals surface area contributed by atoms with Gasteiger partial charge in [0.05, 0.1) is 18.3 Å². The third-order valence-electron chi connectivity index (χ3n) is 3.31. The minimum absolute atomic E-state index is 0.626. The van der Waals surface area contributed by atoms with Crippen molar-refractivity contribution in [2.75, 3.05) is 7.11 Å². The molecule has 3 nitrogen and oxygen atoms in total. The van der Waals surface area contributed by atoms with E-state index in [1.165, 1.54) is 0 Å². The van der Waals surface area contributed by atoms with Crippen LogP contribution < -0.4 is 4.74 Å². The number of aromatic nitrogens is 1. The van der Waals surface area contributed by atoms with Gasteiger partial charge in [-0.25, -0.2) is 0 Å². The summed E-state index contributed by atoms with van der Waals surface area (Å²) in [7, 11) is 1.61. The number of fused-ring (bicyclic) bond motifs is 1. The number of nitrogens with one attached hydrogen (secondary N) is 1. The summed E-state index contributed by atoms with van der Waals surface area (Å²) in [6, 6.07) is 13.0. The quantitative estimate of drug-likeness (QED) is 0.729. The van der Waals surface area contributed by atoms with Gasteiger partial charge in [-0.3, -0.25) is 4.79 Å². The van der Waals surface area contributed by atoms with Crippen LogP contribution in [-0.2, 0) is 0 Å². The van der Waals surface area contributed by atoms with E-state index in [1.54, 1.807) is 19.2 Å². The van der Waals surface area contributed by atoms with E-state index in [-0.39, 0.29) is 0 Å². The molecule has 4 heteroatoms. The Hall–Kier alpha value is -2.26. The van der Waals surface area contributed by atoms with E-state index in [2.05, 4.69) is 4.98 Å². The van der Waals surface area contributed by atoms with Crippen LogP contribution in [0, 0.1) is 0 Å². The number of ether oxygens (including phenoxy) is 1. The van der Waals surface area contributed by atoms with Crippen molar-refractivity contribution in [3.05, 3.63) is 53.1 Å². The van der Waals surface area contributed by atoms with Crippen molar-refractivity contribution in [3.8, 4) is 17.0 Å². The predicted octanol–water partition coefficient (Wildman–Crippen LogP) is 4.31. The van der Waals surface area contributed by atoms with Gasteiger partial charge in [-0.05, 0) is 23.8 Å². The van der Waals surface area contributed by atoms with Crippen LogP contribution in [0.1, 0.15) is 10.4 Å². The first kappa shape index (κ1) is 12.8. The van der Waals surface area contributed by atoms with Gasteiger partial charge in [-0.1, -0.05) is 35.9 Å². The maximum absolute atomic E-state index is 11.5. The number of hydrogen-bond donors (Lipinski definition) is 1. The first-order valence-corrected chi connectivity index (χ1v) is 6.52. The SMILES string of the molecule is COc1cccc2c(C=O)c(-c3ccc(Cl)cc3)[nH]c12. The lowest BCUT2D eigenvalue weighted by atomic mass is 10.1. The maximum Gasteiger partial charge on any atom is 0.152 e. The standard InChI is InChI=1S/C16H12ClNO2/c1-20-14-4-2-3-12-13(9-19)15(18-16(12)14)10-5-7-11(17)8-6-10/h2-9,18H,1H3. The molecule has 3 rings (SSSR count). The number of halogens is 1. The van der Waals surface area contributed by atoms with Gasteiger partial charge in [-0.2, -0.15) is 0 Å². The summed E-state index contributed by atoms with van der Waals surface area (Å²) in [4.78, 5) is 14.7. The Bertz CT molecular complexity index is 775. The molecule has 0 radical (unpaired) electrons. The third kappa shape index (κ3) is 1.96. The van der Waals surface area contributed by atoms with Crippen LogP contribution in [-0.4, -0.2) is 18.4 Å². The zero-order chi connectivity index (χ0) is 14.1. The summed E-state index contributed by atoms with van der Waals surface area (Å²) in [5.41, 5.74) is 3.13. The fourth-order valence-corrected chi connectivity index (χ4v) is 2.47. The zero-order valence-corrected chi connectivity index (χ0v) is 11.6. The molecule has 1 aromatic heterocycles. The second-order valence-electron chi connectivity index (χ2n) is 4.42. The first-order valence-electron chi connectivity index (χ1n) is 6.14. The normalized spacial score (nSPS) is 10.7. The Morgan fingerprint density at radius 1 is 1.15 bits per heavy atom. The lowest BCUT2D eigenvalue weighted by Crippen LogP contribution is -1.84. The Balaban J connectivity index is 2.30. The smallest absolute Gasteiger partial charge is 0.152 e. The zero-order valence-electron chi connectivity index (χ0n) is 10.8. The van der Waals surface area contributed by atoms with Crippen LogP contribution in [0.3, 0.4) is 0 Å². The molecule has 1 N–H and O–H groups in total. The fourth-order valence-electron chi connectivity index (χ4n) is 2.35. The molecule has 0 atom stereocenters. The molecule has 3 aromatic rings. The molecule has 0 aliphatic heterocycles. The van der Waals surface area contributed by atoms with E-state index in [4.69, 9.17) is 16.3 Å². The highest BCUT2D eigenvalue weighted by Gasteiger charge is 2.14. The first-order chi connectivity index (χ1) is 9.74. The van der Waals surface area contributed by atoms with Crippen molar-refractivity contribution in [2.45, 2.75) is 0 Å². The van der Waals surface area contributed by atoms with Crippen LogP contribution in [0.2, 0.25) is 5.02 Å². The number of methoxy groups -OCH3 is 1. The van der Waals surface area contributed by atoms with Crippen LogP contribution in [0.5, 0.6) is 5.75 Å². The molecule has 0 bridgehead atoms. The summed E-state index contributed by atoms with van der Waals surface area (Å²) >= 11 is 5.90. The molecule has 20 heavy (non-hydrogen) atoms. The second kappa shape index (κ2) is 5.02. The van der Waals surface area contributed by atoms with E-state index >= 15 is 0 Å². The molecular weight excluding hydrogens is 274 g/mol. The Morgan fingerprint density at radius 2 is 1.90 bits per heavy atom. The number of H-pyrrole nitrogens is 1. The van der Waals surface area contributed by atoms with E-state index in [1.807, 2.05) is 30.3 Å². The van der Waals surface area contributed by atoms with Gasteiger partial charge >= 0.3 is 0 Å². The summed E-state index contributed by atoms with van der Waals surface area (Å²) in [6.45, 7) is 0. The largest absolute Gasteiger partial charge is 0.495 e. The number of rotatable bonds is 3. The van der Waals surface area contributed by atoms with Gasteiger partial charge in [0, 0.05) is 16.0 Å². The van der Waals surface area contributed by atoms with E-state index in [0.717, 1.165) is 28.4 Å². The van der Waals surface area contributed by atoms with Crippen LogP contribution in [0.25, 0.3) is 22.2 Å². The molecule has 0 unspecified atom stereocenters. The monoisotopic (exact) mass is 285 g/mol. The Kier molecular flexibility index (Phi) is 3.20. The molecular formula is C16H12ClNO2. The topological polar surface area (TPSA) is 42.1 Å². The van der Waals surface area contributed by atoms with Gasteiger partial charge < -0.3 is 9.72 Å².